The first kappa shape index (κ1) is 11.6. The van der Waals surface area contributed by atoms with E-state index in [9.17, 15) is 0 Å². The summed E-state index contributed by atoms with van der Waals surface area (Å²) in [6.45, 7) is 3.94. The Bertz CT molecular complexity index is 374. The van der Waals surface area contributed by atoms with Gasteiger partial charge >= 0.3 is 0 Å². The molecule has 1 aliphatic carbocycles. The lowest BCUT2D eigenvalue weighted by Gasteiger charge is -2.15. The molecule has 3 N–H and O–H groups in total. The third kappa shape index (κ3) is 2.85. The maximum Gasteiger partial charge on any atom is 0.106 e. The van der Waals surface area contributed by atoms with Crippen LogP contribution in [-0.2, 0) is 13.1 Å². The smallest absolute Gasteiger partial charge is 0.106 e. The zero-order chi connectivity index (χ0) is 11.7. The molecule has 1 unspecified atom stereocenters. The minimum atomic E-state index is 0.559. The van der Waals surface area contributed by atoms with E-state index in [1.165, 1.54) is 32.4 Å². The average Bonchev–Trinajstić information content (AvgIpc) is 2.93. The Morgan fingerprint density at radius 1 is 1.47 bits per heavy atom. The van der Waals surface area contributed by atoms with Crippen LogP contribution in [0.1, 0.15) is 30.0 Å². The van der Waals surface area contributed by atoms with Crippen LogP contribution in [0.3, 0.4) is 0 Å². The molecular weight excluding hydrogens is 232 g/mol. The van der Waals surface area contributed by atoms with Gasteiger partial charge in [-0.2, -0.15) is 0 Å². The van der Waals surface area contributed by atoms with E-state index < -0.39 is 0 Å². The van der Waals surface area contributed by atoms with Gasteiger partial charge in [-0.05, 0) is 19.3 Å². The van der Waals surface area contributed by atoms with Crippen LogP contribution in [0.25, 0.3) is 0 Å². The van der Waals surface area contributed by atoms with E-state index in [1.807, 2.05) is 0 Å². The van der Waals surface area contributed by atoms with Gasteiger partial charge in [0, 0.05) is 43.6 Å². The van der Waals surface area contributed by atoms with Gasteiger partial charge in [0.05, 0.1) is 5.69 Å². The van der Waals surface area contributed by atoms with E-state index in [0.29, 0.717) is 12.6 Å². The number of aromatic nitrogens is 1. The standard InChI is InChI=1S/C12H20N4S/c13-5-12-15-10(8-17-12)6-14-9-3-4-16(7-9)11-1-2-11/h8-9,11,14H,1-7,13H2. The van der Waals surface area contributed by atoms with E-state index in [-0.39, 0.29) is 0 Å². The number of nitrogens with two attached hydrogens (primary N) is 1. The summed E-state index contributed by atoms with van der Waals surface area (Å²) in [5.41, 5.74) is 6.70. The molecule has 3 rings (SSSR count). The molecule has 1 aromatic heterocycles. The molecule has 5 heteroatoms. The van der Waals surface area contributed by atoms with E-state index in [2.05, 4.69) is 20.6 Å². The lowest BCUT2D eigenvalue weighted by molar-refractivity contribution is 0.317. The molecule has 1 atom stereocenters. The van der Waals surface area contributed by atoms with Crippen molar-refractivity contribution < 1.29 is 0 Å². The van der Waals surface area contributed by atoms with Crippen LogP contribution in [0.4, 0.5) is 0 Å². The molecule has 1 aliphatic heterocycles. The highest BCUT2D eigenvalue weighted by Gasteiger charge is 2.34. The fraction of sp³-hybridized carbons (Fsp3) is 0.750. The first-order valence-electron chi connectivity index (χ1n) is 6.46. The van der Waals surface area contributed by atoms with Gasteiger partial charge in [-0.1, -0.05) is 0 Å². The summed E-state index contributed by atoms with van der Waals surface area (Å²) < 4.78 is 0. The highest BCUT2D eigenvalue weighted by atomic mass is 32.1. The van der Waals surface area contributed by atoms with Gasteiger partial charge in [0.1, 0.15) is 5.01 Å². The zero-order valence-electron chi connectivity index (χ0n) is 10.1. The minimum absolute atomic E-state index is 0.559. The van der Waals surface area contributed by atoms with Crippen molar-refractivity contribution >= 4 is 11.3 Å². The van der Waals surface area contributed by atoms with Crippen LogP contribution >= 0.6 is 11.3 Å². The van der Waals surface area contributed by atoms with Crippen molar-refractivity contribution in [3.05, 3.63) is 16.1 Å². The summed E-state index contributed by atoms with van der Waals surface area (Å²) in [5, 5.41) is 6.76. The Hall–Kier alpha value is -0.490. The molecular formula is C12H20N4S. The molecule has 0 radical (unpaired) electrons. The van der Waals surface area contributed by atoms with Crippen molar-refractivity contribution in [3.8, 4) is 0 Å². The molecule has 1 saturated heterocycles. The van der Waals surface area contributed by atoms with Crippen LogP contribution in [0.2, 0.25) is 0 Å². The van der Waals surface area contributed by atoms with Crippen LogP contribution in [0.5, 0.6) is 0 Å². The van der Waals surface area contributed by atoms with E-state index in [4.69, 9.17) is 5.73 Å². The van der Waals surface area contributed by atoms with Crippen molar-refractivity contribution in [1.82, 2.24) is 15.2 Å². The molecule has 4 nitrogen and oxygen atoms in total. The topological polar surface area (TPSA) is 54.2 Å². The van der Waals surface area contributed by atoms with Crippen molar-refractivity contribution in [3.63, 3.8) is 0 Å². The lowest BCUT2D eigenvalue weighted by Crippen LogP contribution is -2.32. The molecule has 94 valence electrons. The molecule has 0 aromatic carbocycles. The Morgan fingerprint density at radius 2 is 2.35 bits per heavy atom. The first-order valence-corrected chi connectivity index (χ1v) is 7.34. The summed E-state index contributed by atoms with van der Waals surface area (Å²) in [5.74, 6) is 0. The van der Waals surface area contributed by atoms with Gasteiger partial charge in [-0.25, -0.2) is 4.98 Å². The van der Waals surface area contributed by atoms with Crippen molar-refractivity contribution in [1.29, 1.82) is 0 Å². The normalized spacial score (nSPS) is 25.6. The number of hydrogen-bond donors (Lipinski definition) is 2. The monoisotopic (exact) mass is 252 g/mol. The summed E-state index contributed by atoms with van der Waals surface area (Å²) >= 11 is 1.66. The van der Waals surface area contributed by atoms with E-state index in [1.54, 1.807) is 11.3 Å². The fourth-order valence-corrected chi connectivity index (χ4v) is 3.17. The van der Waals surface area contributed by atoms with E-state index >= 15 is 0 Å². The SMILES string of the molecule is NCc1nc(CNC2CCN(C3CC3)C2)cs1. The maximum atomic E-state index is 5.56. The third-order valence-electron chi connectivity index (χ3n) is 3.63. The van der Waals surface area contributed by atoms with Gasteiger partial charge < -0.3 is 11.1 Å². The van der Waals surface area contributed by atoms with Crippen LogP contribution < -0.4 is 11.1 Å². The Kier molecular flexibility index (Phi) is 3.42. The number of nitrogens with zero attached hydrogens (tertiary/aromatic N) is 2. The molecule has 2 heterocycles. The summed E-state index contributed by atoms with van der Waals surface area (Å²) in [6, 6.07) is 1.56. The Balaban J connectivity index is 1.44. The van der Waals surface area contributed by atoms with Gasteiger partial charge in [0.2, 0.25) is 0 Å². The number of hydrogen-bond acceptors (Lipinski definition) is 5. The van der Waals surface area contributed by atoms with Crippen molar-refractivity contribution in [2.45, 2.75) is 44.4 Å². The van der Waals surface area contributed by atoms with Crippen LogP contribution in [0.15, 0.2) is 5.38 Å². The molecule has 2 fully saturated rings. The second-order valence-corrected chi connectivity index (χ2v) is 5.97. The minimum Gasteiger partial charge on any atom is -0.325 e. The number of nitrogens with one attached hydrogen (secondary N) is 1. The number of likely N-dealkylation sites (tertiary alicyclic amines) is 1. The fourth-order valence-electron chi connectivity index (χ4n) is 2.50. The number of thiazole rings is 1. The largest absolute Gasteiger partial charge is 0.325 e. The van der Waals surface area contributed by atoms with Crippen molar-refractivity contribution in [2.24, 2.45) is 5.73 Å². The van der Waals surface area contributed by atoms with Crippen LogP contribution in [-0.4, -0.2) is 35.1 Å². The first-order chi connectivity index (χ1) is 8.35. The molecule has 1 saturated carbocycles. The van der Waals surface area contributed by atoms with Crippen LogP contribution in [0, 0.1) is 0 Å². The second kappa shape index (κ2) is 5.02. The zero-order valence-corrected chi connectivity index (χ0v) is 10.9. The quantitative estimate of drug-likeness (QED) is 0.818. The second-order valence-electron chi connectivity index (χ2n) is 5.03. The number of rotatable bonds is 5. The van der Waals surface area contributed by atoms with Gasteiger partial charge in [-0.3, -0.25) is 4.90 Å². The molecule has 0 bridgehead atoms. The van der Waals surface area contributed by atoms with Gasteiger partial charge in [0.25, 0.3) is 0 Å². The predicted octanol–water partition coefficient (Wildman–Crippen LogP) is 0.928. The molecule has 1 aromatic rings. The van der Waals surface area contributed by atoms with Crippen molar-refractivity contribution in [2.75, 3.05) is 13.1 Å². The predicted molar refractivity (Wildman–Crippen MR) is 69.8 cm³/mol. The summed E-state index contributed by atoms with van der Waals surface area (Å²) in [6.07, 6.45) is 4.11. The molecule has 0 amide bonds. The molecule has 2 aliphatic rings. The Morgan fingerprint density at radius 3 is 3.06 bits per heavy atom. The third-order valence-corrected chi connectivity index (χ3v) is 4.55. The highest BCUT2D eigenvalue weighted by Crippen LogP contribution is 2.29. The van der Waals surface area contributed by atoms with Gasteiger partial charge in [0.15, 0.2) is 0 Å². The highest BCUT2D eigenvalue weighted by molar-refractivity contribution is 7.09. The van der Waals surface area contributed by atoms with Gasteiger partial charge in [-0.15, -0.1) is 11.3 Å². The lowest BCUT2D eigenvalue weighted by atomic mass is 10.2. The van der Waals surface area contributed by atoms with E-state index in [0.717, 1.165) is 23.3 Å². The maximum absolute atomic E-state index is 5.56. The summed E-state index contributed by atoms with van der Waals surface area (Å²) in [7, 11) is 0. The average molecular weight is 252 g/mol. The molecule has 0 spiro atoms. The molecule has 17 heavy (non-hydrogen) atoms. The Labute approximate surface area is 106 Å². The summed E-state index contributed by atoms with van der Waals surface area (Å²) in [4.78, 5) is 7.10.